The second kappa shape index (κ2) is 9.92. The third-order valence-corrected chi connectivity index (χ3v) is 8.45. The van der Waals surface area contributed by atoms with E-state index >= 15 is 0 Å². The van der Waals surface area contributed by atoms with E-state index in [1.54, 1.807) is 11.3 Å². The van der Waals surface area contributed by atoms with Crippen molar-refractivity contribution in [3.05, 3.63) is 86.6 Å². The molecule has 1 amide bonds. The van der Waals surface area contributed by atoms with Crippen LogP contribution in [0.2, 0.25) is 5.02 Å². The molecule has 0 saturated heterocycles. The first-order valence-corrected chi connectivity index (χ1v) is 13.3. The molecule has 1 atom stereocenters. The maximum Gasteiger partial charge on any atom is 0.259 e. The summed E-state index contributed by atoms with van der Waals surface area (Å²) in [6, 6.07) is 15.3. The number of carbonyl (C=O) groups excluding carboxylic acids is 1. The molecule has 1 aromatic carbocycles. The maximum absolute atomic E-state index is 13.2. The minimum Gasteiger partial charge on any atom is -0.477 e. The third kappa shape index (κ3) is 4.84. The summed E-state index contributed by atoms with van der Waals surface area (Å²) >= 11 is 9.24. The molecule has 5 rings (SSSR count). The van der Waals surface area contributed by atoms with Gasteiger partial charge in [-0.15, -0.1) is 0 Å². The number of pyridine rings is 1. The molecule has 0 spiro atoms. The Kier molecular flexibility index (Phi) is 6.76. The Morgan fingerprint density at radius 3 is 2.79 bits per heavy atom. The average molecular weight is 496 g/mol. The number of carbonyl (C=O) groups is 1. The van der Waals surface area contributed by atoms with Gasteiger partial charge in [0.05, 0.1) is 22.2 Å². The van der Waals surface area contributed by atoms with E-state index in [4.69, 9.17) is 21.3 Å². The summed E-state index contributed by atoms with van der Waals surface area (Å²) in [6.07, 6.45) is 8.84. The van der Waals surface area contributed by atoms with Gasteiger partial charge in [-0.2, -0.15) is 11.3 Å². The van der Waals surface area contributed by atoms with E-state index in [2.05, 4.69) is 16.8 Å². The predicted octanol–water partition coefficient (Wildman–Crippen LogP) is 6.61. The number of halogens is 1. The lowest BCUT2D eigenvalue weighted by atomic mass is 9.82. The average Bonchev–Trinajstić information content (AvgIpc) is 3.55. The summed E-state index contributed by atoms with van der Waals surface area (Å²) in [5, 5.41) is 7.94. The Bertz CT molecular complexity index is 1160. The highest BCUT2D eigenvalue weighted by molar-refractivity contribution is 8.04. The molecule has 1 aliphatic heterocycles. The van der Waals surface area contributed by atoms with E-state index in [1.807, 2.05) is 53.9 Å². The van der Waals surface area contributed by atoms with Crippen LogP contribution in [0.25, 0.3) is 0 Å². The van der Waals surface area contributed by atoms with Crippen LogP contribution in [-0.2, 0) is 10.3 Å². The second-order valence-electron chi connectivity index (χ2n) is 8.41. The molecule has 7 heteroatoms. The number of ether oxygens (including phenoxy) is 1. The van der Waals surface area contributed by atoms with Gasteiger partial charge in [-0.1, -0.05) is 54.4 Å². The van der Waals surface area contributed by atoms with Crippen LogP contribution in [0.4, 0.5) is 0 Å². The Morgan fingerprint density at radius 1 is 1.18 bits per heavy atom. The van der Waals surface area contributed by atoms with Crippen molar-refractivity contribution >= 4 is 40.6 Å². The van der Waals surface area contributed by atoms with Crippen LogP contribution in [0.1, 0.15) is 43.4 Å². The van der Waals surface area contributed by atoms with E-state index in [0.717, 1.165) is 16.2 Å². The van der Waals surface area contributed by atoms with Gasteiger partial charge in [-0.3, -0.25) is 4.79 Å². The first kappa shape index (κ1) is 22.5. The number of benzene rings is 1. The second-order valence-corrected chi connectivity index (χ2v) is 10.6. The van der Waals surface area contributed by atoms with Crippen LogP contribution in [0.5, 0.6) is 5.88 Å². The molecule has 2 aromatic heterocycles. The fourth-order valence-electron chi connectivity index (χ4n) is 4.40. The fourth-order valence-corrected chi connectivity index (χ4v) is 6.21. The maximum atomic E-state index is 13.2. The van der Waals surface area contributed by atoms with Crippen molar-refractivity contribution in [2.24, 2.45) is 5.92 Å². The molecule has 1 saturated carbocycles. The van der Waals surface area contributed by atoms with E-state index in [0.29, 0.717) is 34.8 Å². The van der Waals surface area contributed by atoms with E-state index < -0.39 is 5.54 Å². The summed E-state index contributed by atoms with van der Waals surface area (Å²) in [6.45, 7) is 0.693. The minimum atomic E-state index is -0.783. The van der Waals surface area contributed by atoms with Gasteiger partial charge in [0, 0.05) is 17.4 Å². The van der Waals surface area contributed by atoms with Gasteiger partial charge in [0.1, 0.15) is 5.54 Å². The van der Waals surface area contributed by atoms with Crippen molar-refractivity contribution in [1.29, 1.82) is 0 Å². The van der Waals surface area contributed by atoms with Gasteiger partial charge in [0.15, 0.2) is 0 Å². The van der Waals surface area contributed by atoms with Crippen LogP contribution in [0.3, 0.4) is 0 Å². The molecule has 0 bridgehead atoms. The number of thiophene rings is 1. The molecular formula is C26H24ClN2O2S2. The van der Waals surface area contributed by atoms with Gasteiger partial charge in [-0.05, 0) is 65.4 Å². The molecule has 3 heterocycles. The monoisotopic (exact) mass is 495 g/mol. The van der Waals surface area contributed by atoms with Crippen LogP contribution < -0.4 is 10.1 Å². The number of hydrogen-bond donors (Lipinski definition) is 1. The zero-order valence-electron chi connectivity index (χ0n) is 18.1. The Hall–Kier alpha value is -2.28. The minimum absolute atomic E-state index is 0.184. The highest BCUT2D eigenvalue weighted by atomic mass is 35.5. The largest absolute Gasteiger partial charge is 0.477 e. The summed E-state index contributed by atoms with van der Waals surface area (Å²) in [4.78, 5) is 19.4. The summed E-state index contributed by atoms with van der Waals surface area (Å²) in [5.74, 6) is 1.02. The van der Waals surface area contributed by atoms with Gasteiger partial charge >= 0.3 is 0 Å². The van der Waals surface area contributed by atoms with Gasteiger partial charge in [0.25, 0.3) is 5.91 Å². The topological polar surface area (TPSA) is 51.2 Å². The van der Waals surface area contributed by atoms with E-state index in [1.165, 1.54) is 37.4 Å². The number of thioether (sulfide) groups is 1. The fraction of sp³-hybridized carbons (Fsp3) is 0.308. The number of nitrogens with one attached hydrogen (secondary N) is 1. The highest BCUT2D eigenvalue weighted by Gasteiger charge is 2.41. The summed E-state index contributed by atoms with van der Waals surface area (Å²) in [5.41, 5.74) is 0.969. The SMILES string of the molecule is O=C1NC(c2ccsc2)(c2cccc(OCC3CCCC3)n2)C[C]=C1Sc1ccccc1Cl. The Morgan fingerprint density at radius 2 is 2.03 bits per heavy atom. The molecule has 169 valence electrons. The molecule has 1 fully saturated rings. The van der Waals surface area contributed by atoms with Crippen molar-refractivity contribution in [3.8, 4) is 5.88 Å². The lowest BCUT2D eigenvalue weighted by Gasteiger charge is -2.36. The highest BCUT2D eigenvalue weighted by Crippen LogP contribution is 2.41. The standard InChI is InChI=1S/C26H24ClN2O2S2/c27-20-8-3-4-9-21(20)33-22-12-14-26(29-25(22)30,19-13-15-32-17-19)23-10-5-11-24(28-23)31-16-18-6-1-2-7-18/h3-5,8-11,13,15,17-18H,1-2,6-7,14,16H2,(H,29,30). The lowest BCUT2D eigenvalue weighted by molar-refractivity contribution is -0.119. The van der Waals surface area contributed by atoms with Crippen molar-refractivity contribution in [2.45, 2.75) is 42.5 Å². The number of hydrogen-bond acceptors (Lipinski definition) is 5. The first-order valence-electron chi connectivity index (χ1n) is 11.1. The zero-order chi connectivity index (χ0) is 22.7. The van der Waals surface area contributed by atoms with Crippen molar-refractivity contribution in [3.63, 3.8) is 0 Å². The van der Waals surface area contributed by atoms with E-state index in [-0.39, 0.29) is 5.91 Å². The van der Waals surface area contributed by atoms with Gasteiger partial charge < -0.3 is 10.1 Å². The number of nitrogens with zero attached hydrogens (tertiary/aromatic N) is 1. The van der Waals surface area contributed by atoms with Crippen LogP contribution >= 0.6 is 34.7 Å². The number of rotatable bonds is 7. The number of aromatic nitrogens is 1. The van der Waals surface area contributed by atoms with Crippen LogP contribution in [-0.4, -0.2) is 17.5 Å². The third-order valence-electron chi connectivity index (χ3n) is 6.21. The van der Waals surface area contributed by atoms with E-state index in [9.17, 15) is 4.79 Å². The molecule has 4 nitrogen and oxygen atoms in total. The molecule has 3 aromatic rings. The quantitative estimate of drug-likeness (QED) is 0.400. The van der Waals surface area contributed by atoms with Crippen molar-refractivity contribution < 1.29 is 9.53 Å². The van der Waals surface area contributed by atoms with Gasteiger partial charge in [-0.25, -0.2) is 4.98 Å². The first-order chi connectivity index (χ1) is 16.1. The summed E-state index contributed by atoms with van der Waals surface area (Å²) < 4.78 is 6.06. The smallest absolute Gasteiger partial charge is 0.259 e. The molecule has 2 aliphatic rings. The summed E-state index contributed by atoms with van der Waals surface area (Å²) in [7, 11) is 0. The zero-order valence-corrected chi connectivity index (χ0v) is 20.4. The molecule has 1 radical (unpaired) electrons. The molecule has 1 unspecified atom stereocenters. The number of amides is 1. The predicted molar refractivity (Wildman–Crippen MR) is 134 cm³/mol. The molecule has 1 aliphatic carbocycles. The lowest BCUT2D eigenvalue weighted by Crippen LogP contribution is -2.49. The van der Waals surface area contributed by atoms with Crippen LogP contribution in [0.15, 0.2) is 69.1 Å². The molecule has 1 N–H and O–H groups in total. The molecular weight excluding hydrogens is 472 g/mol. The van der Waals surface area contributed by atoms with Gasteiger partial charge in [0.2, 0.25) is 5.88 Å². The van der Waals surface area contributed by atoms with Crippen molar-refractivity contribution in [2.75, 3.05) is 6.61 Å². The Balaban J connectivity index is 1.43. The van der Waals surface area contributed by atoms with Crippen molar-refractivity contribution in [1.82, 2.24) is 10.3 Å². The van der Waals surface area contributed by atoms with Crippen LogP contribution in [0, 0.1) is 12.0 Å². The molecule has 33 heavy (non-hydrogen) atoms. The normalized spacial score (nSPS) is 21.0. The Labute approximate surface area is 207 Å².